The molecular weight excluding hydrogens is 238 g/mol. The van der Waals surface area contributed by atoms with E-state index in [1.54, 1.807) is 0 Å². The molecule has 0 saturated carbocycles. The Bertz CT molecular complexity index is 326. The minimum Gasteiger partial charge on any atom is -0.480 e. The van der Waals surface area contributed by atoms with Gasteiger partial charge in [-0.05, 0) is 27.7 Å². The van der Waals surface area contributed by atoms with E-state index in [-0.39, 0.29) is 24.9 Å². The van der Waals surface area contributed by atoms with Crippen LogP contribution in [0.5, 0.6) is 0 Å². The highest BCUT2D eigenvalue weighted by Crippen LogP contribution is 2.00. The van der Waals surface area contributed by atoms with Gasteiger partial charge in [-0.3, -0.25) is 4.79 Å². The summed E-state index contributed by atoms with van der Waals surface area (Å²) < 4.78 is 0. The van der Waals surface area contributed by atoms with E-state index in [4.69, 9.17) is 5.11 Å². The van der Waals surface area contributed by atoms with Crippen molar-refractivity contribution in [3.8, 4) is 0 Å². The molecule has 0 spiro atoms. The Morgan fingerprint density at radius 1 is 1.22 bits per heavy atom. The van der Waals surface area contributed by atoms with Gasteiger partial charge in [0.15, 0.2) is 0 Å². The molecule has 7 nitrogen and oxygen atoms in total. The zero-order valence-corrected chi connectivity index (χ0v) is 11.2. The van der Waals surface area contributed by atoms with E-state index in [0.717, 1.165) is 0 Å². The van der Waals surface area contributed by atoms with E-state index in [0.29, 0.717) is 0 Å². The fourth-order valence-corrected chi connectivity index (χ4v) is 1.07. The normalized spacial score (nSPS) is 10.9. The molecular formula is C11H21N3O4. The topological polar surface area (TPSA) is 108 Å². The minimum atomic E-state index is -1.34. The third-order valence-electron chi connectivity index (χ3n) is 2.05. The van der Waals surface area contributed by atoms with Crippen LogP contribution in [0.25, 0.3) is 0 Å². The predicted molar refractivity (Wildman–Crippen MR) is 66.1 cm³/mol. The number of urea groups is 1. The molecule has 0 unspecified atom stereocenters. The Kier molecular flexibility index (Phi) is 6.15. The molecule has 0 radical (unpaired) electrons. The first-order valence-electron chi connectivity index (χ1n) is 5.74. The quantitative estimate of drug-likeness (QED) is 0.541. The molecule has 104 valence electrons. The zero-order chi connectivity index (χ0) is 14.3. The molecule has 0 aliphatic carbocycles. The van der Waals surface area contributed by atoms with Crippen molar-refractivity contribution < 1.29 is 19.5 Å². The SMILES string of the molecule is CC(C)NC(=O)CCNC(=O)NC(C)(C)C(=O)O. The number of nitrogens with one attached hydrogen (secondary N) is 3. The van der Waals surface area contributed by atoms with Gasteiger partial charge in [0.2, 0.25) is 5.91 Å². The van der Waals surface area contributed by atoms with Crippen molar-refractivity contribution in [2.24, 2.45) is 0 Å². The van der Waals surface area contributed by atoms with Crippen LogP contribution in [0.3, 0.4) is 0 Å². The van der Waals surface area contributed by atoms with Gasteiger partial charge in [-0.15, -0.1) is 0 Å². The third-order valence-corrected chi connectivity index (χ3v) is 2.05. The predicted octanol–water partition coefficient (Wildman–Crippen LogP) is 0.0635. The lowest BCUT2D eigenvalue weighted by molar-refractivity contribution is -0.143. The molecule has 18 heavy (non-hydrogen) atoms. The van der Waals surface area contributed by atoms with Gasteiger partial charge in [-0.25, -0.2) is 9.59 Å². The number of carbonyl (C=O) groups excluding carboxylic acids is 2. The first kappa shape index (κ1) is 16.2. The maximum Gasteiger partial charge on any atom is 0.328 e. The second kappa shape index (κ2) is 6.83. The van der Waals surface area contributed by atoms with Gasteiger partial charge >= 0.3 is 12.0 Å². The molecule has 0 saturated heterocycles. The second-order valence-corrected chi connectivity index (χ2v) is 4.78. The molecule has 0 atom stereocenters. The second-order valence-electron chi connectivity index (χ2n) is 4.78. The third kappa shape index (κ3) is 6.72. The van der Waals surface area contributed by atoms with Gasteiger partial charge in [0.05, 0.1) is 0 Å². The number of carboxylic acids is 1. The van der Waals surface area contributed by atoms with Crippen molar-refractivity contribution in [1.82, 2.24) is 16.0 Å². The van der Waals surface area contributed by atoms with Crippen LogP contribution < -0.4 is 16.0 Å². The molecule has 0 aliphatic heterocycles. The van der Waals surface area contributed by atoms with E-state index in [1.165, 1.54) is 13.8 Å². The molecule has 0 bridgehead atoms. The number of hydrogen-bond acceptors (Lipinski definition) is 3. The van der Waals surface area contributed by atoms with Gasteiger partial charge in [0, 0.05) is 19.0 Å². The highest BCUT2D eigenvalue weighted by molar-refractivity contribution is 5.85. The number of amides is 3. The molecule has 3 amide bonds. The summed E-state index contributed by atoms with van der Waals surface area (Å²) in [6.07, 6.45) is 0.152. The average Bonchev–Trinajstić information content (AvgIpc) is 2.14. The van der Waals surface area contributed by atoms with Gasteiger partial charge in [0.25, 0.3) is 0 Å². The van der Waals surface area contributed by atoms with E-state index >= 15 is 0 Å². The fourth-order valence-electron chi connectivity index (χ4n) is 1.07. The Hall–Kier alpha value is -1.79. The van der Waals surface area contributed by atoms with Crippen LogP contribution in [0.4, 0.5) is 4.79 Å². The van der Waals surface area contributed by atoms with Crippen molar-refractivity contribution in [1.29, 1.82) is 0 Å². The summed E-state index contributed by atoms with van der Waals surface area (Å²) in [5.74, 6) is -1.29. The highest BCUT2D eigenvalue weighted by Gasteiger charge is 2.28. The maximum absolute atomic E-state index is 11.3. The molecule has 0 heterocycles. The fraction of sp³-hybridized carbons (Fsp3) is 0.727. The van der Waals surface area contributed by atoms with Crippen molar-refractivity contribution in [3.05, 3.63) is 0 Å². The summed E-state index contributed by atoms with van der Waals surface area (Å²) in [5.41, 5.74) is -1.34. The van der Waals surface area contributed by atoms with Crippen LogP contribution in [0, 0.1) is 0 Å². The van der Waals surface area contributed by atoms with Crippen LogP contribution >= 0.6 is 0 Å². The van der Waals surface area contributed by atoms with E-state index < -0.39 is 17.5 Å². The van der Waals surface area contributed by atoms with Crippen molar-refractivity contribution in [2.75, 3.05) is 6.54 Å². The molecule has 0 fully saturated rings. The summed E-state index contributed by atoms with van der Waals surface area (Å²) in [5, 5.41) is 16.2. The summed E-state index contributed by atoms with van der Waals surface area (Å²) in [6, 6.07) is -0.558. The number of carbonyl (C=O) groups is 3. The molecule has 4 N–H and O–H groups in total. The maximum atomic E-state index is 11.3. The number of hydrogen-bond donors (Lipinski definition) is 4. The Balaban J connectivity index is 3.92. The van der Waals surface area contributed by atoms with Crippen molar-refractivity contribution >= 4 is 17.9 Å². The van der Waals surface area contributed by atoms with Crippen molar-refractivity contribution in [2.45, 2.75) is 45.7 Å². The first-order valence-corrected chi connectivity index (χ1v) is 5.74. The number of carboxylic acid groups (broad SMARTS) is 1. The molecule has 0 aromatic heterocycles. The lowest BCUT2D eigenvalue weighted by Gasteiger charge is -2.21. The van der Waals surface area contributed by atoms with Crippen LogP contribution in [0.2, 0.25) is 0 Å². The van der Waals surface area contributed by atoms with Gasteiger partial charge in [-0.1, -0.05) is 0 Å². The summed E-state index contributed by atoms with van der Waals surface area (Å²) in [6.45, 7) is 6.59. The Morgan fingerprint density at radius 2 is 1.78 bits per heavy atom. The number of rotatable bonds is 6. The lowest BCUT2D eigenvalue weighted by atomic mass is 10.1. The molecule has 0 rings (SSSR count). The highest BCUT2D eigenvalue weighted by atomic mass is 16.4. The van der Waals surface area contributed by atoms with E-state index in [2.05, 4.69) is 16.0 Å². The van der Waals surface area contributed by atoms with Crippen LogP contribution in [-0.2, 0) is 9.59 Å². The number of aliphatic carboxylic acids is 1. The smallest absolute Gasteiger partial charge is 0.328 e. The average molecular weight is 259 g/mol. The Labute approximate surface area is 106 Å². The first-order chi connectivity index (χ1) is 8.15. The Morgan fingerprint density at radius 3 is 2.22 bits per heavy atom. The van der Waals surface area contributed by atoms with Crippen LogP contribution in [-0.4, -0.2) is 41.1 Å². The summed E-state index contributed by atoms with van der Waals surface area (Å²) >= 11 is 0. The van der Waals surface area contributed by atoms with Gasteiger partial charge < -0.3 is 21.1 Å². The standard InChI is InChI=1S/C11H21N3O4/c1-7(2)13-8(15)5-6-12-10(18)14-11(3,4)9(16)17/h7H,5-6H2,1-4H3,(H,13,15)(H,16,17)(H2,12,14,18). The lowest BCUT2D eigenvalue weighted by Crippen LogP contribution is -2.53. The summed E-state index contributed by atoms with van der Waals surface area (Å²) in [7, 11) is 0. The molecule has 0 aromatic carbocycles. The van der Waals surface area contributed by atoms with Crippen LogP contribution in [0.15, 0.2) is 0 Å². The molecule has 0 aliphatic rings. The van der Waals surface area contributed by atoms with E-state index in [1.807, 2.05) is 13.8 Å². The van der Waals surface area contributed by atoms with Crippen LogP contribution in [0.1, 0.15) is 34.1 Å². The van der Waals surface area contributed by atoms with Crippen molar-refractivity contribution in [3.63, 3.8) is 0 Å². The summed E-state index contributed by atoms with van der Waals surface area (Å²) in [4.78, 5) is 33.4. The molecule has 0 aromatic rings. The van der Waals surface area contributed by atoms with Gasteiger partial charge in [-0.2, -0.15) is 0 Å². The van der Waals surface area contributed by atoms with E-state index in [9.17, 15) is 14.4 Å². The zero-order valence-electron chi connectivity index (χ0n) is 11.2. The van der Waals surface area contributed by atoms with Gasteiger partial charge in [0.1, 0.15) is 5.54 Å². The monoisotopic (exact) mass is 259 g/mol. The molecule has 7 heteroatoms. The largest absolute Gasteiger partial charge is 0.480 e. The minimum absolute atomic E-state index is 0.0530.